The van der Waals surface area contributed by atoms with Crippen LogP contribution in [0.3, 0.4) is 0 Å². The number of methoxy groups -OCH3 is 1. The average molecular weight is 564 g/mol. The van der Waals surface area contributed by atoms with E-state index in [1.807, 2.05) is 24.3 Å². The Morgan fingerprint density at radius 1 is 1.45 bits per heavy atom. The van der Waals surface area contributed by atoms with E-state index >= 15 is 0 Å². The molecule has 3 aromatic rings. The number of H-pyrrole nitrogens is 2. The first-order chi connectivity index (χ1) is 18.1. The summed E-state index contributed by atoms with van der Waals surface area (Å²) in [5.74, 6) is -0.640. The number of esters is 1. The molecule has 0 aliphatic carbocycles. The minimum atomic E-state index is -3.77. The number of aryl methyl sites for hydroxylation is 1. The average Bonchev–Trinajstić information content (AvgIpc) is 3.48. The summed E-state index contributed by atoms with van der Waals surface area (Å²) >= 11 is 5.26. The lowest BCUT2D eigenvalue weighted by Crippen LogP contribution is -2.38. The number of carbonyl (C=O) groups excluding carboxylic acids is 1. The minimum absolute atomic E-state index is 0.122. The second-order valence-electron chi connectivity index (χ2n) is 8.70. The van der Waals surface area contributed by atoms with Crippen molar-refractivity contribution in [3.8, 4) is 0 Å². The van der Waals surface area contributed by atoms with Crippen molar-refractivity contribution >= 4 is 35.3 Å². The van der Waals surface area contributed by atoms with Gasteiger partial charge in [-0.1, -0.05) is 23.3 Å². The highest BCUT2D eigenvalue weighted by Gasteiger charge is 2.38. The van der Waals surface area contributed by atoms with Gasteiger partial charge in [0, 0.05) is 46.6 Å². The molecule has 4 rings (SSSR count). The molecule has 1 aliphatic rings. The number of hydrogen-bond donors (Lipinski definition) is 4. The van der Waals surface area contributed by atoms with Crippen LogP contribution in [-0.4, -0.2) is 57.3 Å². The minimum Gasteiger partial charge on any atom is -0.468 e. The van der Waals surface area contributed by atoms with Crippen LogP contribution in [0.15, 0.2) is 51.4 Å². The molecule has 2 aromatic heterocycles. The molecule has 0 bridgehead atoms. The highest BCUT2D eigenvalue weighted by atomic mass is 32.5. The predicted molar refractivity (Wildman–Crippen MR) is 141 cm³/mol. The Kier molecular flexibility index (Phi) is 8.48. The van der Waals surface area contributed by atoms with Crippen LogP contribution in [0.5, 0.6) is 0 Å². The molecular formula is C22H26N7O7PS. The summed E-state index contributed by atoms with van der Waals surface area (Å²) in [4.78, 5) is 55.5. The van der Waals surface area contributed by atoms with Gasteiger partial charge in [-0.2, -0.15) is 0 Å². The normalized spacial score (nSPS) is 21.5. The molecule has 0 spiro atoms. The van der Waals surface area contributed by atoms with E-state index in [9.17, 15) is 19.3 Å². The van der Waals surface area contributed by atoms with Gasteiger partial charge in [0.2, 0.25) is 0 Å². The zero-order valence-electron chi connectivity index (χ0n) is 20.4. The SMILES string of the molecule is COC(=O)[C@H](Cc1c[nH]c2ccccc12)NP(O)(=S)OC[C@H]1O[C@@H](n2cc(C)c(=O)[nH]c2=O)C[C@@H]1N=[N+]=[N-]. The van der Waals surface area contributed by atoms with Gasteiger partial charge in [-0.15, -0.1) is 0 Å². The number of benzene rings is 1. The monoisotopic (exact) mass is 563 g/mol. The Hall–Kier alpha value is -3.29. The van der Waals surface area contributed by atoms with Crippen molar-refractivity contribution in [3.05, 3.63) is 79.1 Å². The number of carbonyl (C=O) groups is 1. The molecule has 1 aromatic carbocycles. The summed E-state index contributed by atoms with van der Waals surface area (Å²) in [7, 11) is 1.23. The number of aromatic nitrogens is 3. The fraction of sp³-hybridized carbons (Fsp3) is 0.409. The number of hydrogen-bond acceptors (Lipinski definition) is 8. The number of azide groups is 1. The Morgan fingerprint density at radius 2 is 2.21 bits per heavy atom. The van der Waals surface area contributed by atoms with Gasteiger partial charge in [-0.25, -0.2) is 9.88 Å². The summed E-state index contributed by atoms with van der Waals surface area (Å²) in [5, 5.41) is 7.33. The first kappa shape index (κ1) is 27.7. The molecule has 0 amide bonds. The van der Waals surface area contributed by atoms with E-state index in [1.165, 1.54) is 24.8 Å². The molecule has 38 heavy (non-hydrogen) atoms. The first-order valence-corrected chi connectivity index (χ1v) is 14.2. The highest BCUT2D eigenvalue weighted by molar-refractivity contribution is 8.08. The van der Waals surface area contributed by atoms with Crippen molar-refractivity contribution in [1.29, 1.82) is 0 Å². The quantitative estimate of drug-likeness (QED) is 0.0936. The molecule has 1 aliphatic heterocycles. The second-order valence-corrected chi connectivity index (χ2v) is 11.7. The Balaban J connectivity index is 1.46. The van der Waals surface area contributed by atoms with Gasteiger partial charge in [0.1, 0.15) is 12.3 Å². The van der Waals surface area contributed by atoms with E-state index in [0.717, 1.165) is 16.5 Å². The standard InChI is InChI=1S/C22H26N7O7PS/c1-12-10-29(22(32)25-20(12)30)19-8-16(26-28-23)18(36-19)11-35-37(33,38)27-17(21(31)34-2)7-13-9-24-15-6-4-3-5-14(13)15/h3-6,9-10,16-19,24H,7-8,11H2,1-2H3,(H,25,30,32)(H2,27,33,38)/t16-,17-,18+,19+,37?/m0/s1. The van der Waals surface area contributed by atoms with Crippen LogP contribution in [0.1, 0.15) is 23.8 Å². The number of rotatable bonds is 10. The maximum atomic E-state index is 12.5. The topological polar surface area (TPSA) is 196 Å². The molecule has 0 radical (unpaired) electrons. The smallest absolute Gasteiger partial charge is 0.330 e. The molecule has 1 unspecified atom stereocenters. The number of ether oxygens (including phenoxy) is 2. The lowest BCUT2D eigenvalue weighted by molar-refractivity contribution is -0.142. The van der Waals surface area contributed by atoms with Crippen LogP contribution in [0.2, 0.25) is 0 Å². The van der Waals surface area contributed by atoms with Gasteiger partial charge in [-0.3, -0.25) is 19.1 Å². The van der Waals surface area contributed by atoms with Crippen LogP contribution < -0.4 is 16.3 Å². The summed E-state index contributed by atoms with van der Waals surface area (Å²) in [6.07, 6.45) is 1.69. The molecule has 1 fully saturated rings. The van der Waals surface area contributed by atoms with Crippen molar-refractivity contribution in [3.63, 3.8) is 0 Å². The molecule has 16 heteroatoms. The van der Waals surface area contributed by atoms with Crippen molar-refractivity contribution < 1.29 is 23.7 Å². The number of nitrogens with one attached hydrogen (secondary N) is 3. The zero-order valence-corrected chi connectivity index (χ0v) is 22.1. The molecule has 3 heterocycles. The fourth-order valence-electron chi connectivity index (χ4n) is 4.28. The Morgan fingerprint density at radius 3 is 2.95 bits per heavy atom. The molecule has 4 N–H and O–H groups in total. The number of para-hydroxylation sites is 1. The van der Waals surface area contributed by atoms with Crippen LogP contribution in [0, 0.1) is 6.92 Å². The van der Waals surface area contributed by atoms with Crippen molar-refractivity contribution in [2.24, 2.45) is 5.11 Å². The summed E-state index contributed by atoms with van der Waals surface area (Å²) in [6, 6.07) is 5.80. The fourth-order valence-corrected chi connectivity index (χ4v) is 5.86. The third kappa shape index (κ3) is 6.22. The van der Waals surface area contributed by atoms with E-state index in [1.54, 1.807) is 6.20 Å². The van der Waals surface area contributed by atoms with Gasteiger partial charge in [0.25, 0.3) is 12.2 Å². The van der Waals surface area contributed by atoms with Gasteiger partial charge in [0.05, 0.1) is 25.9 Å². The van der Waals surface area contributed by atoms with Crippen LogP contribution in [0.25, 0.3) is 21.3 Å². The van der Waals surface area contributed by atoms with Crippen LogP contribution in [0.4, 0.5) is 0 Å². The summed E-state index contributed by atoms with van der Waals surface area (Å²) < 4.78 is 17.5. The second kappa shape index (κ2) is 11.6. The van der Waals surface area contributed by atoms with E-state index in [4.69, 9.17) is 31.3 Å². The first-order valence-electron chi connectivity index (χ1n) is 11.5. The van der Waals surface area contributed by atoms with E-state index in [2.05, 4.69) is 25.1 Å². The number of aromatic amines is 2. The maximum Gasteiger partial charge on any atom is 0.330 e. The van der Waals surface area contributed by atoms with Crippen molar-refractivity contribution in [1.82, 2.24) is 19.6 Å². The lowest BCUT2D eigenvalue weighted by atomic mass is 10.1. The van der Waals surface area contributed by atoms with E-state index in [0.29, 0.717) is 5.56 Å². The lowest BCUT2D eigenvalue weighted by Gasteiger charge is -2.25. The third-order valence-corrected chi connectivity index (χ3v) is 7.95. The molecule has 14 nitrogen and oxygen atoms in total. The predicted octanol–water partition coefficient (Wildman–Crippen LogP) is 1.90. The van der Waals surface area contributed by atoms with Gasteiger partial charge in [0.15, 0.2) is 0 Å². The van der Waals surface area contributed by atoms with Gasteiger partial charge in [-0.05, 0) is 35.9 Å². The molecule has 5 atom stereocenters. The molecule has 202 valence electrons. The van der Waals surface area contributed by atoms with Crippen LogP contribution >= 0.6 is 6.64 Å². The Labute approximate surface area is 220 Å². The largest absolute Gasteiger partial charge is 0.468 e. The highest BCUT2D eigenvalue weighted by Crippen LogP contribution is 2.41. The van der Waals surface area contributed by atoms with E-state index in [-0.39, 0.29) is 19.4 Å². The van der Waals surface area contributed by atoms with Crippen molar-refractivity contribution in [2.75, 3.05) is 13.7 Å². The van der Waals surface area contributed by atoms with Gasteiger partial charge < -0.3 is 23.9 Å². The Bertz CT molecular complexity index is 1550. The van der Waals surface area contributed by atoms with E-state index < -0.39 is 48.3 Å². The molecular weight excluding hydrogens is 537 g/mol. The summed E-state index contributed by atoms with van der Waals surface area (Å²) in [5.41, 5.74) is 9.78. The zero-order chi connectivity index (χ0) is 27.4. The van der Waals surface area contributed by atoms with Gasteiger partial charge >= 0.3 is 11.7 Å². The van der Waals surface area contributed by atoms with Crippen molar-refractivity contribution in [2.45, 2.75) is 44.2 Å². The number of fused-ring (bicyclic) bond motifs is 1. The maximum absolute atomic E-state index is 12.5. The molecule has 0 saturated carbocycles. The number of nitrogens with zero attached hydrogens (tertiary/aromatic N) is 4. The molecule has 1 saturated heterocycles. The van der Waals surface area contributed by atoms with Crippen LogP contribution in [-0.2, 0) is 37.0 Å². The third-order valence-electron chi connectivity index (χ3n) is 6.18. The summed E-state index contributed by atoms with van der Waals surface area (Å²) in [6.45, 7) is -2.52.